The number of aromatic nitrogens is 1. The third-order valence-corrected chi connectivity index (χ3v) is 3.74. The Bertz CT molecular complexity index is 571. The van der Waals surface area contributed by atoms with Gasteiger partial charge in [-0.05, 0) is 31.5 Å². The van der Waals surface area contributed by atoms with E-state index in [0.717, 1.165) is 18.5 Å². The molecule has 3 amide bonds. The van der Waals surface area contributed by atoms with Crippen LogP contribution in [0.4, 0.5) is 18.0 Å². The highest BCUT2D eigenvalue weighted by Crippen LogP contribution is 2.31. The smallest absolute Gasteiger partial charge is 0.353 e. The van der Waals surface area contributed by atoms with Crippen molar-refractivity contribution in [3.8, 4) is 0 Å². The number of hydrogen-bond donors (Lipinski definition) is 2. The van der Waals surface area contributed by atoms with Gasteiger partial charge in [0.1, 0.15) is 6.54 Å². The molecule has 0 saturated carbocycles. The van der Waals surface area contributed by atoms with Crippen molar-refractivity contribution in [1.82, 2.24) is 20.1 Å². The molecule has 0 aliphatic carbocycles. The van der Waals surface area contributed by atoms with Crippen LogP contribution in [0.3, 0.4) is 0 Å². The van der Waals surface area contributed by atoms with Crippen molar-refractivity contribution >= 4 is 11.9 Å². The predicted molar refractivity (Wildman–Crippen MR) is 76.6 cm³/mol. The second kappa shape index (κ2) is 7.03. The summed E-state index contributed by atoms with van der Waals surface area (Å²) in [6.45, 7) is -0.801. The fourth-order valence-electron chi connectivity index (χ4n) is 2.75. The summed E-state index contributed by atoms with van der Waals surface area (Å²) < 4.78 is 37.9. The van der Waals surface area contributed by atoms with E-state index in [2.05, 4.69) is 0 Å². The number of carbonyl (C=O) groups excluding carboxylic acids is 2. The van der Waals surface area contributed by atoms with E-state index in [1.54, 1.807) is 5.32 Å². The molecule has 0 spiro atoms. The van der Waals surface area contributed by atoms with Crippen LogP contribution >= 0.6 is 0 Å². The fraction of sp³-hybridized carbons (Fsp3) is 0.571. The fourth-order valence-corrected chi connectivity index (χ4v) is 2.75. The van der Waals surface area contributed by atoms with Crippen LogP contribution in [-0.4, -0.2) is 47.2 Å². The molecule has 0 aromatic carbocycles. The molecule has 2 rings (SSSR count). The summed E-state index contributed by atoms with van der Waals surface area (Å²) in [5.74, 6) is -0.620. The molecule has 0 radical (unpaired) electrons. The molecule has 1 aliphatic heterocycles. The van der Waals surface area contributed by atoms with E-state index in [4.69, 9.17) is 0 Å². The van der Waals surface area contributed by atoms with Crippen molar-refractivity contribution in [1.29, 1.82) is 0 Å². The first-order valence-electron chi connectivity index (χ1n) is 7.26. The van der Waals surface area contributed by atoms with E-state index in [1.807, 2.05) is 40.2 Å². The Kier molecular flexibility index (Phi) is 5.30. The molecular formula is C14H19F3N4O2. The number of halogens is 3. The average molecular weight is 332 g/mol. The highest BCUT2D eigenvalue weighted by atomic mass is 19.4. The monoisotopic (exact) mass is 332 g/mol. The lowest BCUT2D eigenvalue weighted by Crippen LogP contribution is -2.46. The van der Waals surface area contributed by atoms with Crippen molar-refractivity contribution in [2.45, 2.75) is 25.1 Å². The number of likely N-dealkylation sites (tertiary alicyclic amines) is 1. The molecule has 0 unspecified atom stereocenters. The molecular weight excluding hydrogens is 313 g/mol. The highest BCUT2D eigenvalue weighted by Gasteiger charge is 2.30. The number of rotatable bonds is 4. The minimum atomic E-state index is -4.51. The van der Waals surface area contributed by atoms with E-state index >= 15 is 0 Å². The molecule has 1 saturated heterocycles. The molecule has 6 nitrogen and oxygen atoms in total. The van der Waals surface area contributed by atoms with Gasteiger partial charge in [0.05, 0.1) is 12.6 Å². The summed E-state index contributed by atoms with van der Waals surface area (Å²) in [6.07, 6.45) is -0.780. The minimum absolute atomic E-state index is 0.0325. The van der Waals surface area contributed by atoms with Crippen molar-refractivity contribution in [3.05, 3.63) is 24.0 Å². The number of carbonyl (C=O) groups is 2. The van der Waals surface area contributed by atoms with Crippen LogP contribution in [0.1, 0.15) is 24.6 Å². The second-order valence-electron chi connectivity index (χ2n) is 5.52. The summed E-state index contributed by atoms with van der Waals surface area (Å²) in [6, 6.07) is 2.81. The van der Waals surface area contributed by atoms with Crippen molar-refractivity contribution in [3.63, 3.8) is 0 Å². The third-order valence-electron chi connectivity index (χ3n) is 3.74. The topological polar surface area (TPSA) is 66.4 Å². The van der Waals surface area contributed by atoms with Gasteiger partial charge in [-0.15, -0.1) is 0 Å². The van der Waals surface area contributed by atoms with Crippen LogP contribution in [0.5, 0.6) is 0 Å². The molecule has 1 atom stereocenters. The molecule has 128 valence electrons. The van der Waals surface area contributed by atoms with E-state index in [9.17, 15) is 22.8 Å². The maximum Gasteiger partial charge on any atom is 0.405 e. The lowest BCUT2D eigenvalue weighted by Gasteiger charge is -2.24. The van der Waals surface area contributed by atoms with Crippen molar-refractivity contribution < 1.29 is 22.8 Å². The Labute approximate surface area is 131 Å². The quantitative estimate of drug-likeness (QED) is 0.879. The Morgan fingerprint density at radius 1 is 1.39 bits per heavy atom. The van der Waals surface area contributed by atoms with Gasteiger partial charge in [-0.2, -0.15) is 13.2 Å². The predicted octanol–water partition coefficient (Wildman–Crippen LogP) is 1.55. The largest absolute Gasteiger partial charge is 0.405 e. The molecule has 2 N–H and O–H groups in total. The molecule has 1 aliphatic rings. The maximum atomic E-state index is 12.0. The van der Waals surface area contributed by atoms with E-state index < -0.39 is 24.7 Å². The Morgan fingerprint density at radius 3 is 2.74 bits per heavy atom. The number of urea groups is 1. The first kappa shape index (κ1) is 17.3. The molecule has 1 aromatic rings. The van der Waals surface area contributed by atoms with Crippen LogP contribution in [0, 0.1) is 0 Å². The van der Waals surface area contributed by atoms with Gasteiger partial charge in [0.2, 0.25) is 5.91 Å². The van der Waals surface area contributed by atoms with Gasteiger partial charge in [-0.25, -0.2) is 4.79 Å². The van der Waals surface area contributed by atoms with Gasteiger partial charge >= 0.3 is 12.2 Å². The van der Waals surface area contributed by atoms with Crippen LogP contribution in [0.2, 0.25) is 0 Å². The Hall–Kier alpha value is -2.03. The molecule has 1 fully saturated rings. The third kappa shape index (κ3) is 4.98. The van der Waals surface area contributed by atoms with Gasteiger partial charge in [0, 0.05) is 18.9 Å². The van der Waals surface area contributed by atoms with Gasteiger partial charge < -0.3 is 9.88 Å². The SMILES string of the molecule is Cn1cccc1[C@H]1CCCN1CC(=O)NC(=O)NCC(F)(F)F. The number of alkyl halides is 3. The molecule has 9 heteroatoms. The van der Waals surface area contributed by atoms with Gasteiger partial charge in [0.25, 0.3) is 0 Å². The zero-order chi connectivity index (χ0) is 17.0. The van der Waals surface area contributed by atoms with E-state index in [-0.39, 0.29) is 12.6 Å². The molecule has 2 heterocycles. The zero-order valence-electron chi connectivity index (χ0n) is 12.7. The first-order chi connectivity index (χ1) is 10.8. The summed E-state index contributed by atoms with van der Waals surface area (Å²) in [5.41, 5.74) is 1.07. The normalized spacial score (nSPS) is 18.9. The van der Waals surface area contributed by atoms with Crippen LogP contribution < -0.4 is 10.6 Å². The first-order valence-corrected chi connectivity index (χ1v) is 7.26. The van der Waals surface area contributed by atoms with Crippen molar-refractivity contribution in [2.75, 3.05) is 19.6 Å². The Morgan fingerprint density at radius 2 is 2.13 bits per heavy atom. The number of amides is 3. The highest BCUT2D eigenvalue weighted by molar-refractivity contribution is 5.95. The minimum Gasteiger partial charge on any atom is -0.353 e. The van der Waals surface area contributed by atoms with E-state index in [0.29, 0.717) is 6.54 Å². The standard InChI is InChI=1S/C14H19F3N4O2/c1-20-6-2-4-10(20)11-5-3-7-21(11)8-12(22)19-13(23)18-9-14(15,16)17/h2,4,6,11H,3,5,7-9H2,1H3,(H2,18,19,22,23)/t11-/m1/s1. The van der Waals surface area contributed by atoms with Gasteiger partial charge in [-0.1, -0.05) is 0 Å². The van der Waals surface area contributed by atoms with Gasteiger partial charge in [-0.3, -0.25) is 15.0 Å². The maximum absolute atomic E-state index is 12.0. The summed E-state index contributed by atoms with van der Waals surface area (Å²) in [7, 11) is 1.91. The van der Waals surface area contributed by atoms with Crippen LogP contribution in [-0.2, 0) is 11.8 Å². The Balaban J connectivity index is 1.85. The molecule has 0 bridgehead atoms. The lowest BCUT2D eigenvalue weighted by atomic mass is 10.1. The van der Waals surface area contributed by atoms with Crippen molar-refractivity contribution in [2.24, 2.45) is 7.05 Å². The summed E-state index contributed by atoms with van der Waals surface area (Å²) in [5, 5.41) is 3.53. The molecule has 1 aromatic heterocycles. The van der Waals surface area contributed by atoms with Gasteiger partial charge in [0.15, 0.2) is 0 Å². The number of nitrogens with zero attached hydrogens (tertiary/aromatic N) is 2. The number of nitrogens with one attached hydrogen (secondary N) is 2. The lowest BCUT2D eigenvalue weighted by molar-refractivity contribution is -0.125. The van der Waals surface area contributed by atoms with Crippen LogP contribution in [0.15, 0.2) is 18.3 Å². The summed E-state index contributed by atoms with van der Waals surface area (Å²) in [4.78, 5) is 25.0. The zero-order valence-corrected chi connectivity index (χ0v) is 12.7. The summed E-state index contributed by atoms with van der Waals surface area (Å²) >= 11 is 0. The van der Waals surface area contributed by atoms with E-state index in [1.165, 1.54) is 0 Å². The number of imide groups is 1. The average Bonchev–Trinajstić information content (AvgIpc) is 3.04. The number of hydrogen-bond acceptors (Lipinski definition) is 3. The second-order valence-corrected chi connectivity index (χ2v) is 5.52. The molecule has 23 heavy (non-hydrogen) atoms. The number of aryl methyl sites for hydroxylation is 1. The van der Waals surface area contributed by atoms with Crippen LogP contribution in [0.25, 0.3) is 0 Å².